The van der Waals surface area contributed by atoms with E-state index >= 15 is 0 Å². The van der Waals surface area contributed by atoms with Gasteiger partial charge in [0.25, 0.3) is 0 Å². The first-order chi connectivity index (χ1) is 8.29. The maximum Gasteiger partial charge on any atom is 0.425 e. The van der Waals surface area contributed by atoms with Crippen molar-refractivity contribution >= 4 is 5.82 Å². The normalized spacial score (nSPS) is 13.3. The second kappa shape index (κ2) is 5.41. The Balaban J connectivity index is 3.08. The molecule has 0 aromatic carbocycles. The molecule has 1 unspecified atom stereocenters. The Kier molecular flexibility index (Phi) is 4.37. The lowest BCUT2D eigenvalue weighted by Crippen LogP contribution is -2.32. The number of aromatic nitrogens is 2. The maximum absolute atomic E-state index is 12.4. The molecule has 0 saturated carbocycles. The zero-order valence-electron chi connectivity index (χ0n) is 10.7. The van der Waals surface area contributed by atoms with Crippen LogP contribution >= 0.6 is 0 Å². The molecule has 1 N–H and O–H groups in total. The molecule has 0 aliphatic rings. The number of ether oxygens (including phenoxy) is 1. The summed E-state index contributed by atoms with van der Waals surface area (Å²) >= 11 is 0. The SMILES string of the molecule is CCc1nc(NC)c(C)c(OC(C)C(F)(F)F)n1. The molecule has 0 aliphatic carbocycles. The third-order valence-electron chi connectivity index (χ3n) is 2.45. The summed E-state index contributed by atoms with van der Waals surface area (Å²) in [4.78, 5) is 8.14. The molecule has 0 spiro atoms. The predicted molar refractivity (Wildman–Crippen MR) is 61.8 cm³/mol. The lowest BCUT2D eigenvalue weighted by Gasteiger charge is -2.19. The number of anilines is 1. The summed E-state index contributed by atoms with van der Waals surface area (Å²) < 4.78 is 42.2. The van der Waals surface area contributed by atoms with Gasteiger partial charge in [-0.2, -0.15) is 18.2 Å². The van der Waals surface area contributed by atoms with Gasteiger partial charge in [0.1, 0.15) is 11.6 Å². The van der Waals surface area contributed by atoms with E-state index in [1.165, 1.54) is 0 Å². The van der Waals surface area contributed by atoms with Gasteiger partial charge < -0.3 is 10.1 Å². The molecule has 0 saturated heterocycles. The summed E-state index contributed by atoms with van der Waals surface area (Å²) in [5.41, 5.74) is 0.464. The van der Waals surface area contributed by atoms with Crippen molar-refractivity contribution in [2.24, 2.45) is 0 Å². The van der Waals surface area contributed by atoms with Gasteiger partial charge in [0.05, 0.1) is 5.56 Å². The van der Waals surface area contributed by atoms with Crippen LogP contribution in [0.5, 0.6) is 5.88 Å². The van der Waals surface area contributed by atoms with E-state index in [1.54, 1.807) is 14.0 Å². The van der Waals surface area contributed by atoms with Gasteiger partial charge in [-0.1, -0.05) is 6.92 Å². The number of hydrogen-bond acceptors (Lipinski definition) is 4. The van der Waals surface area contributed by atoms with Crippen LogP contribution in [0.15, 0.2) is 0 Å². The molecule has 1 atom stereocenters. The molecule has 7 heteroatoms. The van der Waals surface area contributed by atoms with Crippen molar-refractivity contribution < 1.29 is 17.9 Å². The lowest BCUT2D eigenvalue weighted by molar-refractivity contribution is -0.190. The standard InChI is InChI=1S/C11H16F3N3O/c1-5-8-16-9(15-4)6(2)10(17-8)18-7(3)11(12,13)14/h7H,5H2,1-4H3,(H,15,16,17). The molecule has 18 heavy (non-hydrogen) atoms. The zero-order valence-corrected chi connectivity index (χ0v) is 10.7. The predicted octanol–water partition coefficient (Wildman–Crippen LogP) is 2.72. The first-order valence-corrected chi connectivity index (χ1v) is 5.58. The Morgan fingerprint density at radius 3 is 2.39 bits per heavy atom. The number of alkyl halides is 3. The van der Waals surface area contributed by atoms with Crippen LogP contribution < -0.4 is 10.1 Å². The Morgan fingerprint density at radius 1 is 1.33 bits per heavy atom. The number of nitrogens with zero attached hydrogens (tertiary/aromatic N) is 2. The second-order valence-corrected chi connectivity index (χ2v) is 3.82. The molecule has 1 heterocycles. The molecule has 102 valence electrons. The van der Waals surface area contributed by atoms with Crippen molar-refractivity contribution in [2.75, 3.05) is 12.4 Å². The molecule has 1 aromatic rings. The Bertz CT molecular complexity index is 421. The molecular formula is C11H16F3N3O. The van der Waals surface area contributed by atoms with Gasteiger partial charge in [-0.05, 0) is 13.8 Å². The van der Waals surface area contributed by atoms with Crippen molar-refractivity contribution in [3.05, 3.63) is 11.4 Å². The highest BCUT2D eigenvalue weighted by molar-refractivity contribution is 5.48. The molecular weight excluding hydrogens is 247 g/mol. The minimum atomic E-state index is -4.41. The Morgan fingerprint density at radius 2 is 1.94 bits per heavy atom. The monoisotopic (exact) mass is 263 g/mol. The Hall–Kier alpha value is -1.53. The summed E-state index contributed by atoms with van der Waals surface area (Å²) in [6.45, 7) is 4.39. The van der Waals surface area contributed by atoms with Gasteiger partial charge in [0, 0.05) is 13.5 Å². The lowest BCUT2D eigenvalue weighted by atomic mass is 10.3. The summed E-state index contributed by atoms with van der Waals surface area (Å²) in [5, 5.41) is 2.81. The summed E-state index contributed by atoms with van der Waals surface area (Å²) in [5.74, 6) is 0.886. The number of hydrogen-bond donors (Lipinski definition) is 1. The largest absolute Gasteiger partial charge is 0.465 e. The maximum atomic E-state index is 12.4. The van der Waals surface area contributed by atoms with Gasteiger partial charge in [-0.25, -0.2) is 4.98 Å². The highest BCUT2D eigenvalue weighted by Gasteiger charge is 2.38. The summed E-state index contributed by atoms with van der Waals surface area (Å²) in [7, 11) is 1.64. The van der Waals surface area contributed by atoms with Crippen LogP contribution in [0.4, 0.5) is 19.0 Å². The van der Waals surface area contributed by atoms with Crippen molar-refractivity contribution in [3.63, 3.8) is 0 Å². The number of aryl methyl sites for hydroxylation is 1. The fourth-order valence-corrected chi connectivity index (χ4v) is 1.29. The van der Waals surface area contributed by atoms with Crippen LogP contribution in [0, 0.1) is 6.92 Å². The van der Waals surface area contributed by atoms with E-state index in [0.717, 1.165) is 6.92 Å². The minimum absolute atomic E-state index is 0.0315. The van der Waals surface area contributed by atoms with Crippen LogP contribution in [-0.4, -0.2) is 29.3 Å². The third kappa shape index (κ3) is 3.24. The number of rotatable bonds is 4. The second-order valence-electron chi connectivity index (χ2n) is 3.82. The van der Waals surface area contributed by atoms with Gasteiger partial charge in [-0.3, -0.25) is 0 Å². The molecule has 0 radical (unpaired) electrons. The third-order valence-corrected chi connectivity index (χ3v) is 2.45. The summed E-state index contributed by atoms with van der Waals surface area (Å²) in [6.07, 6.45) is -5.80. The van der Waals surface area contributed by atoms with Crippen LogP contribution in [0.1, 0.15) is 25.2 Å². The zero-order chi connectivity index (χ0) is 13.9. The van der Waals surface area contributed by atoms with Crippen LogP contribution in [0.25, 0.3) is 0 Å². The highest BCUT2D eigenvalue weighted by atomic mass is 19.4. The molecule has 0 fully saturated rings. The van der Waals surface area contributed by atoms with Gasteiger partial charge >= 0.3 is 6.18 Å². The topological polar surface area (TPSA) is 47.0 Å². The van der Waals surface area contributed by atoms with E-state index < -0.39 is 12.3 Å². The van der Waals surface area contributed by atoms with E-state index in [-0.39, 0.29) is 5.88 Å². The van der Waals surface area contributed by atoms with E-state index in [4.69, 9.17) is 4.74 Å². The van der Waals surface area contributed by atoms with Crippen molar-refractivity contribution in [1.29, 1.82) is 0 Å². The van der Waals surface area contributed by atoms with E-state index in [1.807, 2.05) is 6.92 Å². The van der Waals surface area contributed by atoms with E-state index in [0.29, 0.717) is 23.6 Å². The van der Waals surface area contributed by atoms with E-state index in [9.17, 15) is 13.2 Å². The summed E-state index contributed by atoms with van der Waals surface area (Å²) in [6, 6.07) is 0. The molecule has 4 nitrogen and oxygen atoms in total. The minimum Gasteiger partial charge on any atom is -0.465 e. The molecule has 0 aliphatic heterocycles. The van der Waals surface area contributed by atoms with Crippen LogP contribution in [0.3, 0.4) is 0 Å². The highest BCUT2D eigenvalue weighted by Crippen LogP contribution is 2.28. The van der Waals surface area contributed by atoms with Crippen LogP contribution in [-0.2, 0) is 6.42 Å². The first kappa shape index (κ1) is 14.5. The fourth-order valence-electron chi connectivity index (χ4n) is 1.29. The van der Waals surface area contributed by atoms with Gasteiger partial charge in [0.2, 0.25) is 5.88 Å². The number of nitrogens with one attached hydrogen (secondary N) is 1. The number of halogens is 3. The molecule has 0 bridgehead atoms. The average Bonchev–Trinajstić information content (AvgIpc) is 2.30. The van der Waals surface area contributed by atoms with Crippen molar-refractivity contribution in [1.82, 2.24) is 9.97 Å². The molecule has 0 amide bonds. The van der Waals surface area contributed by atoms with Gasteiger partial charge in [-0.15, -0.1) is 0 Å². The van der Waals surface area contributed by atoms with E-state index in [2.05, 4.69) is 15.3 Å². The van der Waals surface area contributed by atoms with Crippen LogP contribution in [0.2, 0.25) is 0 Å². The molecule has 1 rings (SSSR count). The van der Waals surface area contributed by atoms with Crippen molar-refractivity contribution in [2.45, 2.75) is 39.5 Å². The first-order valence-electron chi connectivity index (χ1n) is 5.58. The fraction of sp³-hybridized carbons (Fsp3) is 0.636. The Labute approximate surface area is 104 Å². The molecule has 1 aromatic heterocycles. The smallest absolute Gasteiger partial charge is 0.425 e. The average molecular weight is 263 g/mol. The quantitative estimate of drug-likeness (QED) is 0.907. The van der Waals surface area contributed by atoms with Crippen molar-refractivity contribution in [3.8, 4) is 5.88 Å². The van der Waals surface area contributed by atoms with Gasteiger partial charge in [0.15, 0.2) is 6.10 Å².